The van der Waals surface area contributed by atoms with Crippen LogP contribution in [0.1, 0.15) is 24.3 Å². The molecule has 2 N–H and O–H groups in total. The molecule has 3 aromatic rings. The highest BCUT2D eigenvalue weighted by atomic mass is 35.5. The number of morpholine rings is 1. The highest BCUT2D eigenvalue weighted by molar-refractivity contribution is 6.31. The molecule has 12 heteroatoms. The predicted molar refractivity (Wildman–Crippen MR) is 149 cm³/mol. The fourth-order valence-electron chi connectivity index (χ4n) is 4.60. The second-order valence-electron chi connectivity index (χ2n) is 9.70. The topological polar surface area (TPSA) is 115 Å². The lowest BCUT2D eigenvalue weighted by Crippen LogP contribution is -2.47. The summed E-state index contributed by atoms with van der Waals surface area (Å²) in [4.78, 5) is 35.6. The molecular weight excluding hydrogens is 541 g/mol. The molecule has 0 radical (unpaired) electrons. The quantitative estimate of drug-likeness (QED) is 0.270. The highest BCUT2D eigenvalue weighted by Crippen LogP contribution is 2.45. The number of nitrogens with one attached hydrogen (secondary N) is 2. The Morgan fingerprint density at radius 2 is 2.08 bits per heavy atom. The van der Waals surface area contributed by atoms with Crippen molar-refractivity contribution in [1.29, 1.82) is 0 Å². The first-order chi connectivity index (χ1) is 19.3. The van der Waals surface area contributed by atoms with E-state index in [2.05, 4.69) is 20.6 Å². The van der Waals surface area contributed by atoms with Crippen LogP contribution in [0.5, 0.6) is 6.01 Å². The number of hydrogen-bond acceptors (Lipinski definition) is 9. The summed E-state index contributed by atoms with van der Waals surface area (Å²) in [6, 6.07) is 8.21. The van der Waals surface area contributed by atoms with Crippen molar-refractivity contribution in [2.75, 3.05) is 51.1 Å². The van der Waals surface area contributed by atoms with Gasteiger partial charge in [-0.25, -0.2) is 4.39 Å². The standard InChI is InChI=1S/C28H29ClFN5O5/c1-38-15-18-13-35(14-26(37)40-18)9-3-4-25(36)32-23-12-20-24(11-19(23)16-5-6-16)33-28(39-2)34-27(20)31-17-7-8-22(30)21(29)10-17/h3-4,7-8,10-12,16,18H,5-6,9,13-15H2,1-2H3,(H,32,36)(H,31,33,34). The summed E-state index contributed by atoms with van der Waals surface area (Å²) in [7, 11) is 3.03. The number of fused-ring (bicyclic) bond motifs is 1. The van der Waals surface area contributed by atoms with Crippen molar-refractivity contribution in [3.63, 3.8) is 0 Å². The molecule has 40 heavy (non-hydrogen) atoms. The minimum atomic E-state index is -0.528. The molecule has 1 aliphatic carbocycles. The van der Waals surface area contributed by atoms with Crippen molar-refractivity contribution < 1.29 is 28.2 Å². The average Bonchev–Trinajstić information content (AvgIpc) is 3.76. The molecule has 2 heterocycles. The zero-order valence-electron chi connectivity index (χ0n) is 22.1. The van der Waals surface area contributed by atoms with Crippen LogP contribution in [0.2, 0.25) is 5.02 Å². The molecule has 1 unspecified atom stereocenters. The van der Waals surface area contributed by atoms with E-state index in [1.807, 2.05) is 17.0 Å². The number of amides is 1. The Morgan fingerprint density at radius 3 is 2.80 bits per heavy atom. The number of cyclic esters (lactones) is 1. The van der Waals surface area contributed by atoms with Gasteiger partial charge in [0.15, 0.2) is 0 Å². The van der Waals surface area contributed by atoms with E-state index < -0.39 is 5.82 Å². The van der Waals surface area contributed by atoms with Gasteiger partial charge in [0.2, 0.25) is 5.91 Å². The molecule has 1 aromatic heterocycles. The molecule has 5 rings (SSSR count). The predicted octanol–water partition coefficient (Wildman–Crippen LogP) is 4.42. The second kappa shape index (κ2) is 12.2. The number of halogens is 2. The van der Waals surface area contributed by atoms with Gasteiger partial charge < -0.3 is 24.8 Å². The van der Waals surface area contributed by atoms with E-state index in [1.165, 1.54) is 25.3 Å². The maximum absolute atomic E-state index is 13.7. The van der Waals surface area contributed by atoms with Gasteiger partial charge in [0.1, 0.15) is 17.7 Å². The van der Waals surface area contributed by atoms with Crippen LogP contribution in [0.3, 0.4) is 0 Å². The number of hydrogen-bond donors (Lipinski definition) is 2. The maximum atomic E-state index is 13.7. The smallest absolute Gasteiger partial charge is 0.320 e. The number of aromatic nitrogens is 2. The van der Waals surface area contributed by atoms with Crippen LogP contribution in [0, 0.1) is 5.82 Å². The summed E-state index contributed by atoms with van der Waals surface area (Å²) >= 11 is 5.96. The van der Waals surface area contributed by atoms with Crippen molar-refractivity contribution in [3.8, 4) is 6.01 Å². The largest absolute Gasteiger partial charge is 0.467 e. The SMILES string of the molecule is COCC1CN(CC=CC(=O)Nc2cc3c(Nc4ccc(F)c(Cl)c4)nc(OC)nc3cc2C2CC2)CC(=O)O1. The van der Waals surface area contributed by atoms with Gasteiger partial charge in [-0.3, -0.25) is 14.5 Å². The van der Waals surface area contributed by atoms with Crippen molar-refractivity contribution in [1.82, 2.24) is 14.9 Å². The van der Waals surface area contributed by atoms with Crippen LogP contribution in [-0.4, -0.2) is 73.3 Å². The molecule has 0 bridgehead atoms. The lowest BCUT2D eigenvalue weighted by atomic mass is 10.0. The lowest BCUT2D eigenvalue weighted by molar-refractivity contribution is -0.161. The summed E-state index contributed by atoms with van der Waals surface area (Å²) in [6.45, 7) is 1.42. The number of benzene rings is 2. The van der Waals surface area contributed by atoms with Gasteiger partial charge in [0, 0.05) is 43.0 Å². The van der Waals surface area contributed by atoms with E-state index in [0.717, 1.165) is 18.4 Å². The van der Waals surface area contributed by atoms with Gasteiger partial charge in [-0.05, 0) is 54.7 Å². The number of esters is 1. The second-order valence-corrected chi connectivity index (χ2v) is 10.1. The Kier molecular flexibility index (Phi) is 8.43. The van der Waals surface area contributed by atoms with Gasteiger partial charge in [0.05, 0.1) is 30.8 Å². The fourth-order valence-corrected chi connectivity index (χ4v) is 4.78. The molecule has 1 saturated carbocycles. The third-order valence-corrected chi connectivity index (χ3v) is 6.87. The molecule has 10 nitrogen and oxygen atoms in total. The number of ether oxygens (including phenoxy) is 3. The first kappa shape index (κ1) is 27.8. The zero-order valence-corrected chi connectivity index (χ0v) is 22.8. The molecule has 2 aromatic carbocycles. The summed E-state index contributed by atoms with van der Waals surface area (Å²) in [5, 5.41) is 6.77. The van der Waals surface area contributed by atoms with Gasteiger partial charge >= 0.3 is 12.0 Å². The molecular formula is C28H29ClFN5O5. The van der Waals surface area contributed by atoms with E-state index in [1.54, 1.807) is 19.3 Å². The Balaban J connectivity index is 1.37. The molecule has 1 atom stereocenters. The summed E-state index contributed by atoms with van der Waals surface area (Å²) < 4.78 is 29.3. The number of methoxy groups -OCH3 is 2. The Hall–Kier alpha value is -3.80. The van der Waals surface area contributed by atoms with Crippen LogP contribution in [0.25, 0.3) is 10.9 Å². The Morgan fingerprint density at radius 1 is 1.25 bits per heavy atom. The van der Waals surface area contributed by atoms with Crippen LogP contribution < -0.4 is 15.4 Å². The third-order valence-electron chi connectivity index (χ3n) is 6.58. The normalized spacial score (nSPS) is 17.7. The zero-order chi connectivity index (χ0) is 28.2. The van der Waals surface area contributed by atoms with Crippen LogP contribution in [0.15, 0.2) is 42.5 Å². The van der Waals surface area contributed by atoms with Gasteiger partial charge in [0.25, 0.3) is 0 Å². The molecule has 1 aliphatic heterocycles. The van der Waals surface area contributed by atoms with E-state index >= 15 is 0 Å². The van der Waals surface area contributed by atoms with Crippen molar-refractivity contribution >= 4 is 51.6 Å². The van der Waals surface area contributed by atoms with Crippen molar-refractivity contribution in [3.05, 3.63) is 58.9 Å². The molecule has 2 fully saturated rings. The van der Waals surface area contributed by atoms with E-state index in [-0.39, 0.29) is 35.6 Å². The van der Waals surface area contributed by atoms with Gasteiger partial charge in [-0.2, -0.15) is 9.97 Å². The van der Waals surface area contributed by atoms with Crippen LogP contribution >= 0.6 is 11.6 Å². The van der Waals surface area contributed by atoms with E-state index in [4.69, 9.17) is 25.8 Å². The number of rotatable bonds is 10. The minimum Gasteiger partial charge on any atom is -0.467 e. The monoisotopic (exact) mass is 569 g/mol. The molecule has 210 valence electrons. The van der Waals surface area contributed by atoms with Crippen LogP contribution in [-0.2, 0) is 19.1 Å². The van der Waals surface area contributed by atoms with Gasteiger partial charge in [-0.15, -0.1) is 0 Å². The van der Waals surface area contributed by atoms with Gasteiger partial charge in [-0.1, -0.05) is 17.7 Å². The maximum Gasteiger partial charge on any atom is 0.320 e. The number of carbonyl (C=O) groups excluding carboxylic acids is 2. The molecule has 1 saturated heterocycles. The Bertz CT molecular complexity index is 1460. The number of anilines is 3. The van der Waals surface area contributed by atoms with Crippen molar-refractivity contribution in [2.45, 2.75) is 24.9 Å². The molecule has 2 aliphatic rings. The number of nitrogens with zero attached hydrogens (tertiary/aromatic N) is 3. The molecule has 0 spiro atoms. The summed E-state index contributed by atoms with van der Waals surface area (Å²) in [6.07, 6.45) is 4.87. The Labute approximate surface area is 235 Å². The first-order valence-electron chi connectivity index (χ1n) is 12.8. The highest BCUT2D eigenvalue weighted by Gasteiger charge is 2.28. The molecule has 1 amide bonds. The first-order valence-corrected chi connectivity index (χ1v) is 13.2. The lowest BCUT2D eigenvalue weighted by Gasteiger charge is -2.30. The third kappa shape index (κ3) is 6.67. The fraction of sp³-hybridized carbons (Fsp3) is 0.357. The number of carbonyl (C=O) groups is 2. The van der Waals surface area contributed by atoms with Crippen LogP contribution in [0.4, 0.5) is 21.6 Å². The van der Waals surface area contributed by atoms with E-state index in [0.29, 0.717) is 53.7 Å². The van der Waals surface area contributed by atoms with Crippen molar-refractivity contribution in [2.24, 2.45) is 0 Å². The summed E-state index contributed by atoms with van der Waals surface area (Å²) in [5.41, 5.74) is 2.80. The summed E-state index contributed by atoms with van der Waals surface area (Å²) in [5.74, 6) is -0.417. The van der Waals surface area contributed by atoms with E-state index in [9.17, 15) is 14.0 Å². The average molecular weight is 570 g/mol. The minimum absolute atomic E-state index is 0.0262.